The van der Waals surface area contributed by atoms with E-state index >= 15 is 0 Å². The van der Waals surface area contributed by atoms with Crippen LogP contribution in [0, 0.1) is 11.3 Å². The molecule has 0 bridgehead atoms. The van der Waals surface area contributed by atoms with Gasteiger partial charge in [0.15, 0.2) is 0 Å². The maximum Gasteiger partial charge on any atom is 0.266 e. The summed E-state index contributed by atoms with van der Waals surface area (Å²) in [6, 6.07) is 13.9. The van der Waals surface area contributed by atoms with Crippen LogP contribution in [-0.4, -0.2) is 19.1 Å². The number of benzene rings is 2. The lowest BCUT2D eigenvalue weighted by atomic mass is 10.1. The Morgan fingerprint density at radius 1 is 1.15 bits per heavy atom. The predicted molar refractivity (Wildman–Crippen MR) is 102 cm³/mol. The van der Waals surface area contributed by atoms with E-state index < -0.39 is 5.91 Å². The van der Waals surface area contributed by atoms with Crippen LogP contribution in [0.15, 0.2) is 48.0 Å². The molecule has 0 saturated carbocycles. The molecule has 0 aromatic heterocycles. The normalized spacial score (nSPS) is 10.8. The Morgan fingerprint density at radius 2 is 1.85 bits per heavy atom. The minimum atomic E-state index is -0.498. The molecule has 0 atom stereocenters. The van der Waals surface area contributed by atoms with Crippen molar-refractivity contribution < 1.29 is 14.3 Å². The summed E-state index contributed by atoms with van der Waals surface area (Å²) in [6.07, 6.45) is 1.48. The highest BCUT2D eigenvalue weighted by Gasteiger charge is 2.10. The molecule has 0 aliphatic carbocycles. The van der Waals surface area contributed by atoms with Crippen LogP contribution in [0.5, 0.6) is 11.5 Å². The standard InChI is InChI=1S/C20H19ClN2O3/c1-3-25-17-8-6-16(7-9-17)23-20(24)15(13-22)11-14-5-10-19(26-4-2)18(21)12-14/h5-12H,3-4H2,1-2H3,(H,23,24)/b15-11-. The van der Waals surface area contributed by atoms with Crippen molar-refractivity contribution in [2.24, 2.45) is 0 Å². The van der Waals surface area contributed by atoms with Crippen LogP contribution in [0.1, 0.15) is 19.4 Å². The Balaban J connectivity index is 2.14. The van der Waals surface area contributed by atoms with Crippen LogP contribution < -0.4 is 14.8 Å². The highest BCUT2D eigenvalue weighted by molar-refractivity contribution is 6.32. The third-order valence-corrected chi connectivity index (χ3v) is 3.65. The van der Waals surface area contributed by atoms with Crippen molar-refractivity contribution in [1.29, 1.82) is 5.26 Å². The van der Waals surface area contributed by atoms with Crippen molar-refractivity contribution in [3.8, 4) is 17.6 Å². The fourth-order valence-electron chi connectivity index (χ4n) is 2.19. The van der Waals surface area contributed by atoms with Crippen molar-refractivity contribution >= 4 is 29.3 Å². The fourth-order valence-corrected chi connectivity index (χ4v) is 2.44. The number of rotatable bonds is 7. The van der Waals surface area contributed by atoms with Gasteiger partial charge >= 0.3 is 0 Å². The van der Waals surface area contributed by atoms with Gasteiger partial charge in [0.2, 0.25) is 0 Å². The number of ether oxygens (including phenoxy) is 2. The van der Waals surface area contributed by atoms with E-state index in [0.29, 0.717) is 41.0 Å². The molecule has 0 saturated heterocycles. The largest absolute Gasteiger partial charge is 0.494 e. The number of nitriles is 1. The van der Waals surface area contributed by atoms with Crippen LogP contribution in [0.25, 0.3) is 6.08 Å². The maximum absolute atomic E-state index is 12.3. The summed E-state index contributed by atoms with van der Waals surface area (Å²) in [7, 11) is 0. The van der Waals surface area contributed by atoms with E-state index in [1.165, 1.54) is 6.08 Å². The number of carbonyl (C=O) groups is 1. The van der Waals surface area contributed by atoms with Gasteiger partial charge in [-0.05, 0) is 61.9 Å². The minimum absolute atomic E-state index is 0.0286. The first kappa shape index (κ1) is 19.4. The number of hydrogen-bond acceptors (Lipinski definition) is 4. The van der Waals surface area contributed by atoms with Crippen molar-refractivity contribution in [2.45, 2.75) is 13.8 Å². The van der Waals surface area contributed by atoms with Gasteiger partial charge in [0.1, 0.15) is 23.1 Å². The molecule has 0 radical (unpaired) electrons. The lowest BCUT2D eigenvalue weighted by molar-refractivity contribution is -0.112. The first-order valence-electron chi connectivity index (χ1n) is 8.15. The van der Waals surface area contributed by atoms with E-state index in [4.69, 9.17) is 21.1 Å². The van der Waals surface area contributed by atoms with Gasteiger partial charge in [0.05, 0.1) is 18.2 Å². The van der Waals surface area contributed by atoms with Gasteiger partial charge < -0.3 is 14.8 Å². The summed E-state index contributed by atoms with van der Waals surface area (Å²) in [5.74, 6) is 0.774. The summed E-state index contributed by atoms with van der Waals surface area (Å²) in [6.45, 7) is 4.83. The fraction of sp³-hybridized carbons (Fsp3) is 0.200. The third kappa shape index (κ3) is 5.27. The smallest absolute Gasteiger partial charge is 0.266 e. The maximum atomic E-state index is 12.3. The molecule has 2 aromatic carbocycles. The van der Waals surface area contributed by atoms with Crippen LogP contribution in [-0.2, 0) is 4.79 Å². The highest BCUT2D eigenvalue weighted by atomic mass is 35.5. The van der Waals surface area contributed by atoms with Crippen LogP contribution in [0.3, 0.4) is 0 Å². The number of carbonyl (C=O) groups excluding carboxylic acids is 1. The Bertz CT molecular complexity index is 839. The average molecular weight is 371 g/mol. The SMILES string of the molecule is CCOc1ccc(NC(=O)/C(C#N)=C\c2ccc(OCC)c(Cl)c2)cc1. The molecule has 0 fully saturated rings. The second kappa shape index (κ2) is 9.50. The van der Waals surface area contributed by atoms with Gasteiger partial charge in [-0.25, -0.2) is 0 Å². The molecule has 0 aliphatic rings. The quantitative estimate of drug-likeness (QED) is 0.567. The lowest BCUT2D eigenvalue weighted by Gasteiger charge is -2.07. The molecule has 0 heterocycles. The van der Waals surface area contributed by atoms with Crippen LogP contribution in [0.2, 0.25) is 5.02 Å². The Labute approximate surface area is 157 Å². The topological polar surface area (TPSA) is 71.3 Å². The van der Waals surface area contributed by atoms with Crippen LogP contribution >= 0.6 is 11.6 Å². The molecule has 5 nitrogen and oxygen atoms in total. The van der Waals surface area contributed by atoms with Crippen molar-refractivity contribution in [1.82, 2.24) is 0 Å². The number of anilines is 1. The van der Waals surface area contributed by atoms with Gasteiger partial charge in [-0.3, -0.25) is 4.79 Å². The number of nitrogens with zero attached hydrogens (tertiary/aromatic N) is 1. The summed E-state index contributed by atoms with van der Waals surface area (Å²) in [4.78, 5) is 12.3. The lowest BCUT2D eigenvalue weighted by Crippen LogP contribution is -2.13. The summed E-state index contributed by atoms with van der Waals surface area (Å²) < 4.78 is 10.7. The Morgan fingerprint density at radius 3 is 2.42 bits per heavy atom. The zero-order valence-corrected chi connectivity index (χ0v) is 15.3. The molecule has 2 rings (SSSR count). The molecule has 1 N–H and O–H groups in total. The number of nitrogens with one attached hydrogen (secondary N) is 1. The zero-order valence-electron chi connectivity index (χ0n) is 14.6. The first-order valence-corrected chi connectivity index (χ1v) is 8.53. The van der Waals surface area contributed by atoms with Crippen molar-refractivity contribution in [2.75, 3.05) is 18.5 Å². The minimum Gasteiger partial charge on any atom is -0.494 e. The second-order valence-electron chi connectivity index (χ2n) is 5.20. The van der Waals surface area contributed by atoms with Crippen molar-refractivity contribution in [3.63, 3.8) is 0 Å². The third-order valence-electron chi connectivity index (χ3n) is 3.36. The molecule has 0 unspecified atom stereocenters. The van der Waals surface area contributed by atoms with Gasteiger partial charge in [-0.2, -0.15) is 5.26 Å². The molecule has 0 aliphatic heterocycles. The van der Waals surface area contributed by atoms with Gasteiger partial charge in [0, 0.05) is 5.69 Å². The number of hydrogen-bond donors (Lipinski definition) is 1. The van der Waals surface area contributed by atoms with E-state index in [1.807, 2.05) is 19.9 Å². The molecule has 134 valence electrons. The van der Waals surface area contributed by atoms with Gasteiger partial charge in [-0.1, -0.05) is 17.7 Å². The van der Waals surface area contributed by atoms with Crippen molar-refractivity contribution in [3.05, 3.63) is 58.6 Å². The van der Waals surface area contributed by atoms with E-state index in [1.54, 1.807) is 42.5 Å². The predicted octanol–water partition coefficient (Wildman–Crippen LogP) is 4.68. The molecular formula is C20H19ClN2O3. The molecule has 1 amide bonds. The molecule has 0 spiro atoms. The average Bonchev–Trinajstić information content (AvgIpc) is 2.63. The van der Waals surface area contributed by atoms with Gasteiger partial charge in [0.25, 0.3) is 5.91 Å². The second-order valence-corrected chi connectivity index (χ2v) is 5.61. The van der Waals surface area contributed by atoms with E-state index in [-0.39, 0.29) is 5.57 Å². The number of halogens is 1. The Hall–Kier alpha value is -2.97. The summed E-state index contributed by atoms with van der Waals surface area (Å²) in [5, 5.41) is 12.4. The van der Waals surface area contributed by atoms with E-state index in [0.717, 1.165) is 0 Å². The monoisotopic (exact) mass is 370 g/mol. The molecule has 2 aromatic rings. The van der Waals surface area contributed by atoms with Crippen LogP contribution in [0.4, 0.5) is 5.69 Å². The molecule has 26 heavy (non-hydrogen) atoms. The zero-order chi connectivity index (χ0) is 18.9. The van der Waals surface area contributed by atoms with Gasteiger partial charge in [-0.15, -0.1) is 0 Å². The molecular weight excluding hydrogens is 352 g/mol. The van der Waals surface area contributed by atoms with E-state index in [9.17, 15) is 10.1 Å². The first-order chi connectivity index (χ1) is 12.6. The summed E-state index contributed by atoms with van der Waals surface area (Å²) >= 11 is 6.14. The molecule has 6 heteroatoms. The highest BCUT2D eigenvalue weighted by Crippen LogP contribution is 2.26. The number of amides is 1. The van der Waals surface area contributed by atoms with E-state index in [2.05, 4.69) is 5.32 Å². The Kier molecular flexibility index (Phi) is 7.07. The summed E-state index contributed by atoms with van der Waals surface area (Å²) in [5.41, 5.74) is 1.18.